The average Bonchev–Trinajstić information content (AvgIpc) is 2.33. The largest absolute Gasteiger partial charge is 0.299 e. The lowest BCUT2D eigenvalue weighted by Crippen LogP contribution is -2.38. The van der Waals surface area contributed by atoms with Gasteiger partial charge in [-0.25, -0.2) is 0 Å². The fourth-order valence-corrected chi connectivity index (χ4v) is 2.69. The maximum absolute atomic E-state index is 8.85. The van der Waals surface area contributed by atoms with Crippen molar-refractivity contribution in [3.8, 4) is 6.07 Å². The molecule has 1 aliphatic rings. The molecule has 0 bridgehead atoms. The summed E-state index contributed by atoms with van der Waals surface area (Å²) in [5.41, 5.74) is 2.98. The molecule has 1 saturated heterocycles. The minimum absolute atomic E-state index is 0.248. The highest BCUT2D eigenvalue weighted by molar-refractivity contribution is 5.22. The van der Waals surface area contributed by atoms with Crippen LogP contribution >= 0.6 is 0 Å². The summed E-state index contributed by atoms with van der Waals surface area (Å²) < 4.78 is 0. The second kappa shape index (κ2) is 5.54. The van der Waals surface area contributed by atoms with E-state index < -0.39 is 0 Å². The van der Waals surface area contributed by atoms with Crippen molar-refractivity contribution < 1.29 is 0 Å². The molecule has 0 aromatic heterocycles. The minimum Gasteiger partial charge on any atom is -0.299 e. The first-order chi connectivity index (χ1) is 8.61. The number of piperidine rings is 1. The van der Waals surface area contributed by atoms with Gasteiger partial charge < -0.3 is 0 Å². The van der Waals surface area contributed by atoms with Gasteiger partial charge in [0.2, 0.25) is 0 Å². The third kappa shape index (κ3) is 3.34. The summed E-state index contributed by atoms with van der Waals surface area (Å²) in [6, 6.07) is 11.1. The molecule has 0 amide bonds. The molecule has 1 fully saturated rings. The smallest absolute Gasteiger partial charge is 0.0627 e. The molecule has 2 rings (SSSR count). The highest BCUT2D eigenvalue weighted by Crippen LogP contribution is 2.34. The monoisotopic (exact) mass is 242 g/mol. The molecule has 0 N–H and O–H groups in total. The summed E-state index contributed by atoms with van der Waals surface area (Å²) in [5, 5.41) is 8.85. The van der Waals surface area contributed by atoms with Crippen molar-refractivity contribution >= 4 is 0 Å². The minimum atomic E-state index is 0.248. The molecule has 0 radical (unpaired) electrons. The van der Waals surface area contributed by atoms with E-state index in [-0.39, 0.29) is 5.41 Å². The molecule has 1 aliphatic heterocycles. The Balaban J connectivity index is 1.89. The molecule has 2 nitrogen and oxygen atoms in total. The summed E-state index contributed by atoms with van der Waals surface area (Å²) in [4.78, 5) is 2.51. The van der Waals surface area contributed by atoms with Crippen LogP contribution < -0.4 is 0 Å². The second-order valence-electron chi connectivity index (χ2n) is 5.91. The first kappa shape index (κ1) is 13.1. The Morgan fingerprint density at radius 2 is 2.06 bits per heavy atom. The number of likely N-dealkylation sites (tertiary alicyclic amines) is 1. The highest BCUT2D eigenvalue weighted by Gasteiger charge is 2.29. The molecule has 1 aromatic carbocycles. The molecule has 18 heavy (non-hydrogen) atoms. The van der Waals surface area contributed by atoms with Crippen LogP contribution in [-0.2, 0) is 6.54 Å². The van der Waals surface area contributed by atoms with Crippen LogP contribution in [0.25, 0.3) is 0 Å². The van der Waals surface area contributed by atoms with Gasteiger partial charge in [0.1, 0.15) is 0 Å². The fraction of sp³-hybridized carbons (Fsp3) is 0.562. The number of hydrogen-bond donors (Lipinski definition) is 0. The predicted octanol–water partition coefficient (Wildman–Crippen LogP) is 3.51. The van der Waals surface area contributed by atoms with Crippen molar-refractivity contribution in [3.63, 3.8) is 0 Å². The SMILES string of the molecule is Cc1cccc(CN2CCC(C)(CC#N)CC2)c1. The van der Waals surface area contributed by atoms with E-state index >= 15 is 0 Å². The van der Waals surface area contributed by atoms with Crippen molar-refractivity contribution in [2.75, 3.05) is 13.1 Å². The van der Waals surface area contributed by atoms with E-state index in [1.807, 2.05) is 0 Å². The third-order valence-corrected chi connectivity index (χ3v) is 4.06. The number of aryl methyl sites for hydroxylation is 1. The molecule has 0 spiro atoms. The summed E-state index contributed by atoms with van der Waals surface area (Å²) in [5.74, 6) is 0. The van der Waals surface area contributed by atoms with Crippen LogP contribution in [0.1, 0.15) is 37.3 Å². The van der Waals surface area contributed by atoms with Gasteiger partial charge in [0.05, 0.1) is 6.07 Å². The van der Waals surface area contributed by atoms with Crippen molar-refractivity contribution in [1.29, 1.82) is 5.26 Å². The van der Waals surface area contributed by atoms with Gasteiger partial charge in [-0.1, -0.05) is 36.8 Å². The number of nitriles is 1. The molecule has 96 valence electrons. The van der Waals surface area contributed by atoms with E-state index in [0.29, 0.717) is 6.42 Å². The summed E-state index contributed by atoms with van der Waals surface area (Å²) in [7, 11) is 0. The Morgan fingerprint density at radius 3 is 2.67 bits per heavy atom. The highest BCUT2D eigenvalue weighted by atomic mass is 15.1. The Bertz CT molecular complexity index is 437. The van der Waals surface area contributed by atoms with E-state index in [4.69, 9.17) is 5.26 Å². The van der Waals surface area contributed by atoms with E-state index in [0.717, 1.165) is 32.5 Å². The third-order valence-electron chi connectivity index (χ3n) is 4.06. The van der Waals surface area contributed by atoms with Gasteiger partial charge in [-0.15, -0.1) is 0 Å². The standard InChI is InChI=1S/C16H22N2/c1-14-4-3-5-15(12-14)13-18-10-7-16(2,6-9-17)8-11-18/h3-5,12H,6-8,10-11,13H2,1-2H3. The Hall–Kier alpha value is -1.33. The molecule has 1 aromatic rings. The zero-order chi connectivity index (χ0) is 13.0. The Kier molecular flexibility index (Phi) is 4.04. The lowest BCUT2D eigenvalue weighted by atomic mass is 9.78. The van der Waals surface area contributed by atoms with Crippen LogP contribution in [-0.4, -0.2) is 18.0 Å². The fourth-order valence-electron chi connectivity index (χ4n) is 2.69. The van der Waals surface area contributed by atoms with E-state index in [2.05, 4.69) is 49.1 Å². The van der Waals surface area contributed by atoms with Gasteiger partial charge in [-0.2, -0.15) is 5.26 Å². The number of rotatable bonds is 3. The zero-order valence-electron chi connectivity index (χ0n) is 11.4. The average molecular weight is 242 g/mol. The predicted molar refractivity (Wildman–Crippen MR) is 74.0 cm³/mol. The maximum Gasteiger partial charge on any atom is 0.0627 e. The molecular weight excluding hydrogens is 220 g/mol. The molecule has 0 unspecified atom stereocenters. The van der Waals surface area contributed by atoms with Crippen molar-refractivity contribution in [2.24, 2.45) is 5.41 Å². The Labute approximate surface area is 110 Å². The normalized spacial score (nSPS) is 19.4. The van der Waals surface area contributed by atoms with Gasteiger partial charge >= 0.3 is 0 Å². The number of hydrogen-bond acceptors (Lipinski definition) is 2. The molecule has 0 aliphatic carbocycles. The first-order valence-corrected chi connectivity index (χ1v) is 6.76. The summed E-state index contributed by atoms with van der Waals surface area (Å²) >= 11 is 0. The second-order valence-corrected chi connectivity index (χ2v) is 5.91. The lowest BCUT2D eigenvalue weighted by molar-refractivity contribution is 0.116. The van der Waals surface area contributed by atoms with Gasteiger partial charge in [0.25, 0.3) is 0 Å². The van der Waals surface area contributed by atoms with Gasteiger partial charge in [-0.3, -0.25) is 4.90 Å². The zero-order valence-corrected chi connectivity index (χ0v) is 11.4. The van der Waals surface area contributed by atoms with Crippen LogP contribution in [0, 0.1) is 23.7 Å². The summed E-state index contributed by atoms with van der Waals surface area (Å²) in [6.07, 6.45) is 2.99. The number of benzene rings is 1. The van der Waals surface area contributed by atoms with E-state index in [1.165, 1.54) is 11.1 Å². The summed E-state index contributed by atoms with van der Waals surface area (Å²) in [6.45, 7) is 7.67. The van der Waals surface area contributed by atoms with Gasteiger partial charge in [-0.05, 0) is 43.8 Å². The topological polar surface area (TPSA) is 27.0 Å². The van der Waals surface area contributed by atoms with Crippen LogP contribution in [0.3, 0.4) is 0 Å². The molecule has 0 atom stereocenters. The van der Waals surface area contributed by atoms with Crippen molar-refractivity contribution in [2.45, 2.75) is 39.7 Å². The van der Waals surface area contributed by atoms with Crippen molar-refractivity contribution in [3.05, 3.63) is 35.4 Å². The van der Waals surface area contributed by atoms with Crippen LogP contribution in [0.2, 0.25) is 0 Å². The van der Waals surface area contributed by atoms with E-state index in [9.17, 15) is 0 Å². The van der Waals surface area contributed by atoms with Gasteiger partial charge in [0.15, 0.2) is 0 Å². The van der Waals surface area contributed by atoms with Crippen molar-refractivity contribution in [1.82, 2.24) is 4.90 Å². The van der Waals surface area contributed by atoms with Crippen LogP contribution in [0.15, 0.2) is 24.3 Å². The molecule has 2 heteroatoms. The number of nitrogens with zero attached hydrogens (tertiary/aromatic N) is 2. The molecule has 1 heterocycles. The van der Waals surface area contributed by atoms with Crippen LogP contribution in [0.4, 0.5) is 0 Å². The Morgan fingerprint density at radius 1 is 1.33 bits per heavy atom. The van der Waals surface area contributed by atoms with Gasteiger partial charge in [0, 0.05) is 13.0 Å². The van der Waals surface area contributed by atoms with Crippen LogP contribution in [0.5, 0.6) is 0 Å². The molecule has 0 saturated carbocycles. The molecular formula is C16H22N2. The quantitative estimate of drug-likeness (QED) is 0.811. The lowest BCUT2D eigenvalue weighted by Gasteiger charge is -2.38. The maximum atomic E-state index is 8.85. The van der Waals surface area contributed by atoms with E-state index in [1.54, 1.807) is 0 Å². The first-order valence-electron chi connectivity index (χ1n) is 6.76.